The first-order valence-electron chi connectivity index (χ1n) is 12.8. The van der Waals surface area contributed by atoms with Crippen LogP contribution in [-0.2, 0) is 17.9 Å². The number of nitrogens with one attached hydrogen (secondary N) is 1. The molecule has 5 aromatic rings. The second kappa shape index (κ2) is 10.3. The molecule has 1 N–H and O–H groups in total. The van der Waals surface area contributed by atoms with Crippen molar-refractivity contribution in [2.24, 2.45) is 0 Å². The summed E-state index contributed by atoms with van der Waals surface area (Å²) < 4.78 is 30.7. The zero-order valence-electron chi connectivity index (χ0n) is 21.5. The summed E-state index contributed by atoms with van der Waals surface area (Å²) in [5.74, 6) is -0.596. The number of carbonyl (C=O) groups excluding carboxylic acids is 2. The quantitative estimate of drug-likeness (QED) is 0.320. The van der Waals surface area contributed by atoms with Gasteiger partial charge < -0.3 is 14.8 Å². The average molecular weight is 543 g/mol. The molecular weight excluding hydrogens is 518 g/mol. The van der Waals surface area contributed by atoms with Gasteiger partial charge in [-0.05, 0) is 48.9 Å². The van der Waals surface area contributed by atoms with E-state index in [4.69, 9.17) is 10.1 Å². The highest BCUT2D eigenvalue weighted by molar-refractivity contribution is 6.03. The summed E-state index contributed by atoms with van der Waals surface area (Å²) in [6, 6.07) is 12.1. The third-order valence-electron chi connectivity index (χ3n) is 6.70. The van der Waals surface area contributed by atoms with E-state index in [1.165, 1.54) is 28.9 Å². The van der Waals surface area contributed by atoms with Crippen molar-refractivity contribution in [2.45, 2.75) is 32.9 Å². The van der Waals surface area contributed by atoms with Crippen LogP contribution in [0.15, 0.2) is 60.9 Å². The molecular formula is C28H24F2N8O2. The minimum atomic E-state index is -0.757. The van der Waals surface area contributed by atoms with Crippen LogP contribution in [0.3, 0.4) is 0 Å². The molecule has 0 spiro atoms. The number of nitrogens with zero attached hydrogens (tertiary/aromatic N) is 7. The van der Waals surface area contributed by atoms with Crippen molar-refractivity contribution in [2.75, 3.05) is 11.9 Å². The predicted molar refractivity (Wildman–Crippen MR) is 142 cm³/mol. The Hall–Kier alpha value is -5.00. The fourth-order valence-electron chi connectivity index (χ4n) is 4.79. The van der Waals surface area contributed by atoms with Gasteiger partial charge in [-0.2, -0.15) is 9.49 Å². The summed E-state index contributed by atoms with van der Waals surface area (Å²) in [4.78, 5) is 39.7. The topological polar surface area (TPSA) is 110 Å². The van der Waals surface area contributed by atoms with E-state index in [1.807, 2.05) is 11.5 Å². The van der Waals surface area contributed by atoms with E-state index in [0.717, 1.165) is 29.6 Å². The molecule has 2 amide bonds. The van der Waals surface area contributed by atoms with E-state index in [-0.39, 0.29) is 23.1 Å². The van der Waals surface area contributed by atoms with Gasteiger partial charge in [0.1, 0.15) is 17.3 Å². The molecule has 5 heterocycles. The largest absolute Gasteiger partial charge is 0.333 e. The van der Waals surface area contributed by atoms with Gasteiger partial charge in [0.25, 0.3) is 5.91 Å². The molecule has 0 aliphatic carbocycles. The highest BCUT2D eigenvalue weighted by Crippen LogP contribution is 2.34. The molecule has 1 aromatic carbocycles. The number of rotatable bonds is 6. The van der Waals surface area contributed by atoms with Crippen molar-refractivity contribution in [3.05, 3.63) is 84.1 Å². The third kappa shape index (κ3) is 4.79. The molecule has 0 radical (unpaired) electrons. The summed E-state index contributed by atoms with van der Waals surface area (Å²) in [5, 5.41) is 7.40. The summed E-state index contributed by atoms with van der Waals surface area (Å²) in [6.07, 6.45) is 4.02. The lowest BCUT2D eigenvalue weighted by atomic mass is 10.1. The Morgan fingerprint density at radius 3 is 2.62 bits per heavy atom. The molecule has 0 unspecified atom stereocenters. The first-order valence-corrected chi connectivity index (χ1v) is 12.8. The molecule has 4 aromatic heterocycles. The molecule has 1 aliphatic heterocycles. The first kappa shape index (κ1) is 25.3. The SMILES string of the molecule is CCCC(=O)N1CCn2c(nc(-c3ccc(F)cc3)c2-c2ccc3nc(NC(=O)c4ccnc(F)c4)cn3n2)C1. The van der Waals surface area contributed by atoms with E-state index in [1.54, 1.807) is 35.4 Å². The molecule has 0 fully saturated rings. The monoisotopic (exact) mass is 542 g/mol. The van der Waals surface area contributed by atoms with Gasteiger partial charge in [-0.1, -0.05) is 6.92 Å². The number of aromatic nitrogens is 6. The number of halogens is 2. The first-order chi connectivity index (χ1) is 19.4. The maximum atomic E-state index is 13.7. The normalized spacial score (nSPS) is 12.9. The molecule has 0 saturated carbocycles. The van der Waals surface area contributed by atoms with E-state index < -0.39 is 11.9 Å². The number of amides is 2. The number of anilines is 1. The van der Waals surface area contributed by atoms with E-state index in [2.05, 4.69) is 15.3 Å². The molecule has 40 heavy (non-hydrogen) atoms. The zero-order valence-corrected chi connectivity index (χ0v) is 21.5. The van der Waals surface area contributed by atoms with Gasteiger partial charge >= 0.3 is 0 Å². The lowest BCUT2D eigenvalue weighted by Crippen LogP contribution is -2.38. The van der Waals surface area contributed by atoms with Crippen LogP contribution in [0.2, 0.25) is 0 Å². The molecule has 10 nitrogen and oxygen atoms in total. The van der Waals surface area contributed by atoms with E-state index >= 15 is 0 Å². The zero-order chi connectivity index (χ0) is 27.8. The third-order valence-corrected chi connectivity index (χ3v) is 6.70. The molecule has 6 rings (SSSR count). The van der Waals surface area contributed by atoms with Crippen LogP contribution in [0.25, 0.3) is 28.3 Å². The van der Waals surface area contributed by atoms with Crippen LogP contribution in [0.1, 0.15) is 35.9 Å². The maximum absolute atomic E-state index is 13.7. The Kier molecular flexibility index (Phi) is 6.50. The summed E-state index contributed by atoms with van der Waals surface area (Å²) in [5.41, 5.74) is 3.26. The maximum Gasteiger partial charge on any atom is 0.257 e. The van der Waals surface area contributed by atoms with Gasteiger partial charge in [0.05, 0.1) is 24.1 Å². The molecule has 12 heteroatoms. The lowest BCUT2D eigenvalue weighted by Gasteiger charge is -2.28. The van der Waals surface area contributed by atoms with Crippen molar-refractivity contribution in [3.63, 3.8) is 0 Å². The number of benzene rings is 1. The van der Waals surface area contributed by atoms with Crippen molar-refractivity contribution < 1.29 is 18.4 Å². The van der Waals surface area contributed by atoms with Gasteiger partial charge in [-0.3, -0.25) is 9.59 Å². The highest BCUT2D eigenvalue weighted by atomic mass is 19.1. The fourth-order valence-corrected chi connectivity index (χ4v) is 4.79. The lowest BCUT2D eigenvalue weighted by molar-refractivity contribution is -0.132. The standard InChI is InChI=1S/C28H24F2N8O2/c1-2-3-25(39)36-12-13-37-24(16-36)34-26(17-4-6-19(29)7-5-17)27(37)20-8-9-23-32-22(15-38(23)35-20)33-28(40)18-10-11-31-21(30)14-18/h4-11,14-15H,2-3,12-13,16H2,1H3,(H,33,40). The molecule has 202 valence electrons. The second-order valence-electron chi connectivity index (χ2n) is 9.42. The predicted octanol–water partition coefficient (Wildman–Crippen LogP) is 4.33. The van der Waals surface area contributed by atoms with Gasteiger partial charge in [0.2, 0.25) is 11.9 Å². The Bertz CT molecular complexity index is 1750. The average Bonchev–Trinajstić information content (AvgIpc) is 3.53. The Balaban J connectivity index is 1.37. The Labute approximate surface area is 227 Å². The van der Waals surface area contributed by atoms with Gasteiger partial charge in [-0.25, -0.2) is 23.9 Å². The van der Waals surface area contributed by atoms with E-state index in [9.17, 15) is 18.4 Å². The number of imidazole rings is 2. The molecule has 0 saturated heterocycles. The fraction of sp³-hybridized carbons (Fsp3) is 0.214. The number of carbonyl (C=O) groups is 2. The van der Waals surface area contributed by atoms with Crippen LogP contribution in [0.4, 0.5) is 14.6 Å². The van der Waals surface area contributed by atoms with Crippen LogP contribution < -0.4 is 5.32 Å². The van der Waals surface area contributed by atoms with Crippen molar-refractivity contribution in [3.8, 4) is 22.6 Å². The van der Waals surface area contributed by atoms with Crippen molar-refractivity contribution in [1.29, 1.82) is 0 Å². The number of hydrogen-bond acceptors (Lipinski definition) is 6. The van der Waals surface area contributed by atoms with Crippen LogP contribution >= 0.6 is 0 Å². The van der Waals surface area contributed by atoms with Gasteiger partial charge in [-0.15, -0.1) is 0 Å². The summed E-state index contributed by atoms with van der Waals surface area (Å²) in [6.45, 7) is 3.41. The molecule has 1 aliphatic rings. The van der Waals surface area contributed by atoms with Crippen molar-refractivity contribution in [1.82, 2.24) is 34.0 Å². The number of hydrogen-bond donors (Lipinski definition) is 1. The number of pyridine rings is 1. The summed E-state index contributed by atoms with van der Waals surface area (Å²) in [7, 11) is 0. The summed E-state index contributed by atoms with van der Waals surface area (Å²) >= 11 is 0. The second-order valence-corrected chi connectivity index (χ2v) is 9.42. The minimum absolute atomic E-state index is 0.0867. The van der Waals surface area contributed by atoms with Crippen LogP contribution in [0.5, 0.6) is 0 Å². The smallest absolute Gasteiger partial charge is 0.257 e. The molecule has 0 bridgehead atoms. The van der Waals surface area contributed by atoms with E-state index in [0.29, 0.717) is 43.1 Å². The van der Waals surface area contributed by atoms with Crippen molar-refractivity contribution >= 4 is 23.3 Å². The van der Waals surface area contributed by atoms with Crippen LogP contribution in [-0.4, -0.2) is 52.4 Å². The minimum Gasteiger partial charge on any atom is -0.333 e. The molecule has 0 atom stereocenters. The van der Waals surface area contributed by atoms with Crippen LogP contribution in [0, 0.1) is 11.8 Å². The van der Waals surface area contributed by atoms with Gasteiger partial charge in [0.15, 0.2) is 11.5 Å². The highest BCUT2D eigenvalue weighted by Gasteiger charge is 2.28. The number of fused-ring (bicyclic) bond motifs is 2. The Morgan fingerprint density at radius 1 is 1.02 bits per heavy atom. The van der Waals surface area contributed by atoms with Gasteiger partial charge in [0, 0.05) is 42.9 Å². The Morgan fingerprint density at radius 2 is 1.85 bits per heavy atom.